The number of alkyl halides is 2. The Hall–Kier alpha value is -0.490. The normalized spacial score (nSPS) is 14.1. The zero-order valence-electron chi connectivity index (χ0n) is 10.5. The van der Waals surface area contributed by atoms with Crippen molar-refractivity contribution in [2.24, 2.45) is 0 Å². The molecule has 0 aromatic rings. The van der Waals surface area contributed by atoms with Gasteiger partial charge in [0.05, 0.1) is 6.26 Å². The second-order valence-electron chi connectivity index (χ2n) is 4.04. The van der Waals surface area contributed by atoms with Crippen LogP contribution in [0.5, 0.6) is 0 Å². The molecule has 3 nitrogen and oxygen atoms in total. The SMILES string of the molecule is CCCCCC/C=C(\C)C(F)(F)OS(C)(=O)=O. The molecule has 0 rings (SSSR count). The van der Waals surface area contributed by atoms with Crippen LogP contribution in [0.3, 0.4) is 0 Å². The van der Waals surface area contributed by atoms with Crippen LogP contribution < -0.4 is 0 Å². The Bertz CT molecular complexity index is 348. The Kier molecular flexibility index (Phi) is 6.85. The van der Waals surface area contributed by atoms with Gasteiger partial charge in [0, 0.05) is 5.57 Å². The number of allylic oxidation sites excluding steroid dienone is 1. The molecule has 0 aromatic heterocycles. The molecule has 6 heteroatoms. The fraction of sp³-hybridized carbons (Fsp3) is 0.818. The molecule has 0 aliphatic rings. The molecule has 0 aliphatic heterocycles. The van der Waals surface area contributed by atoms with Gasteiger partial charge in [0.25, 0.3) is 10.1 Å². The molecule has 0 aliphatic carbocycles. The van der Waals surface area contributed by atoms with Crippen molar-refractivity contribution in [1.82, 2.24) is 0 Å². The lowest BCUT2D eigenvalue weighted by Crippen LogP contribution is -2.25. The molecule has 0 heterocycles. The Morgan fingerprint density at radius 2 is 1.88 bits per heavy atom. The number of hydrogen-bond acceptors (Lipinski definition) is 3. The molecule has 0 aromatic carbocycles. The van der Waals surface area contributed by atoms with Crippen LogP contribution in [0.25, 0.3) is 0 Å². The first-order valence-electron chi connectivity index (χ1n) is 5.64. The number of halogens is 2. The highest BCUT2D eigenvalue weighted by molar-refractivity contribution is 7.86. The number of hydrogen-bond donors (Lipinski definition) is 0. The fourth-order valence-electron chi connectivity index (χ4n) is 1.26. The Labute approximate surface area is 102 Å². The van der Waals surface area contributed by atoms with Crippen molar-refractivity contribution in [3.8, 4) is 0 Å². The van der Waals surface area contributed by atoms with Gasteiger partial charge in [-0.15, -0.1) is 0 Å². The molecule has 102 valence electrons. The molecule has 17 heavy (non-hydrogen) atoms. The van der Waals surface area contributed by atoms with Crippen LogP contribution in [0.1, 0.15) is 46.0 Å². The minimum atomic E-state index is -4.16. The van der Waals surface area contributed by atoms with Crippen LogP contribution in [0.2, 0.25) is 0 Å². The summed E-state index contributed by atoms with van der Waals surface area (Å²) in [5.41, 5.74) is -0.362. The highest BCUT2D eigenvalue weighted by atomic mass is 32.2. The molecule has 0 spiro atoms. The van der Waals surface area contributed by atoms with Crippen LogP contribution in [0.4, 0.5) is 8.78 Å². The average molecular weight is 270 g/mol. The van der Waals surface area contributed by atoms with Crippen LogP contribution in [0.15, 0.2) is 11.6 Å². The third-order valence-electron chi connectivity index (χ3n) is 2.22. The lowest BCUT2D eigenvalue weighted by atomic mass is 10.1. The Morgan fingerprint density at radius 1 is 1.29 bits per heavy atom. The van der Waals surface area contributed by atoms with Crippen molar-refractivity contribution in [3.63, 3.8) is 0 Å². The average Bonchev–Trinajstić information content (AvgIpc) is 2.13. The van der Waals surface area contributed by atoms with E-state index in [2.05, 4.69) is 11.1 Å². The van der Waals surface area contributed by atoms with Gasteiger partial charge in [0.2, 0.25) is 0 Å². The zero-order valence-corrected chi connectivity index (χ0v) is 11.3. The third-order valence-corrected chi connectivity index (χ3v) is 2.74. The van der Waals surface area contributed by atoms with Crippen LogP contribution in [-0.4, -0.2) is 20.8 Å². The van der Waals surface area contributed by atoms with Gasteiger partial charge in [0.15, 0.2) is 0 Å². The summed E-state index contributed by atoms with van der Waals surface area (Å²) in [7, 11) is -4.16. The van der Waals surface area contributed by atoms with E-state index < -0.39 is 16.2 Å². The molecule has 0 fully saturated rings. The Balaban J connectivity index is 4.27. The van der Waals surface area contributed by atoms with Gasteiger partial charge in [-0.1, -0.05) is 32.3 Å². The van der Waals surface area contributed by atoms with Crippen molar-refractivity contribution in [2.75, 3.05) is 6.26 Å². The molecular weight excluding hydrogens is 250 g/mol. The summed E-state index contributed by atoms with van der Waals surface area (Å²) < 4.78 is 51.4. The topological polar surface area (TPSA) is 43.4 Å². The predicted molar refractivity (Wildman–Crippen MR) is 63.4 cm³/mol. The van der Waals surface area contributed by atoms with Crippen LogP contribution in [0, 0.1) is 0 Å². The molecular formula is C11H20F2O3S. The van der Waals surface area contributed by atoms with E-state index in [1.165, 1.54) is 13.0 Å². The maximum atomic E-state index is 13.2. The largest absolute Gasteiger partial charge is 0.392 e. The van der Waals surface area contributed by atoms with Crippen molar-refractivity contribution < 1.29 is 21.4 Å². The molecule has 0 saturated heterocycles. The van der Waals surface area contributed by atoms with E-state index in [1.54, 1.807) is 0 Å². The van der Waals surface area contributed by atoms with Gasteiger partial charge in [-0.25, -0.2) is 0 Å². The van der Waals surface area contributed by atoms with E-state index in [4.69, 9.17) is 0 Å². The molecule has 0 saturated carbocycles. The number of rotatable bonds is 8. The lowest BCUT2D eigenvalue weighted by molar-refractivity contribution is -0.137. The summed E-state index contributed by atoms with van der Waals surface area (Å²) in [6, 6.07) is 0. The second kappa shape index (κ2) is 7.06. The maximum Gasteiger partial charge on any atom is 0.392 e. The summed E-state index contributed by atoms with van der Waals surface area (Å²) in [5, 5.41) is 0. The summed E-state index contributed by atoms with van der Waals surface area (Å²) in [6.07, 6.45) is 2.67. The highest BCUT2D eigenvalue weighted by Crippen LogP contribution is 2.27. The monoisotopic (exact) mass is 270 g/mol. The minimum Gasteiger partial charge on any atom is -0.200 e. The second-order valence-corrected chi connectivity index (χ2v) is 5.62. The first kappa shape index (κ1) is 16.5. The molecule has 0 bridgehead atoms. The minimum absolute atomic E-state index is 0.362. The highest BCUT2D eigenvalue weighted by Gasteiger charge is 2.36. The van der Waals surface area contributed by atoms with Crippen molar-refractivity contribution in [2.45, 2.75) is 52.1 Å². The van der Waals surface area contributed by atoms with Crippen LogP contribution in [-0.2, 0) is 14.3 Å². The fourth-order valence-corrected chi connectivity index (χ4v) is 1.78. The predicted octanol–water partition coefficient (Wildman–Crippen LogP) is 3.47. The Morgan fingerprint density at radius 3 is 2.35 bits per heavy atom. The van der Waals surface area contributed by atoms with Gasteiger partial charge in [-0.2, -0.15) is 21.4 Å². The molecule has 0 amide bonds. The van der Waals surface area contributed by atoms with E-state index >= 15 is 0 Å². The third kappa shape index (κ3) is 8.26. The van der Waals surface area contributed by atoms with Crippen molar-refractivity contribution in [1.29, 1.82) is 0 Å². The van der Waals surface area contributed by atoms with E-state index in [0.29, 0.717) is 12.7 Å². The van der Waals surface area contributed by atoms with Gasteiger partial charge < -0.3 is 0 Å². The molecule has 0 unspecified atom stereocenters. The van der Waals surface area contributed by atoms with E-state index in [1.807, 2.05) is 0 Å². The van der Waals surface area contributed by atoms with Crippen molar-refractivity contribution in [3.05, 3.63) is 11.6 Å². The van der Waals surface area contributed by atoms with E-state index in [0.717, 1.165) is 25.7 Å². The summed E-state index contributed by atoms with van der Waals surface area (Å²) >= 11 is 0. The van der Waals surface area contributed by atoms with Crippen molar-refractivity contribution >= 4 is 10.1 Å². The quantitative estimate of drug-likeness (QED) is 0.385. The molecule has 0 atom stereocenters. The summed E-state index contributed by atoms with van der Waals surface area (Å²) in [4.78, 5) is 0. The van der Waals surface area contributed by atoms with E-state index in [9.17, 15) is 17.2 Å². The van der Waals surface area contributed by atoms with E-state index in [-0.39, 0.29) is 5.57 Å². The molecule has 0 radical (unpaired) electrons. The maximum absolute atomic E-state index is 13.2. The van der Waals surface area contributed by atoms with Gasteiger partial charge >= 0.3 is 6.11 Å². The molecule has 0 N–H and O–H groups in total. The van der Waals surface area contributed by atoms with Gasteiger partial charge in [0.1, 0.15) is 0 Å². The zero-order chi connectivity index (χ0) is 13.5. The summed E-state index contributed by atoms with van der Waals surface area (Å²) in [5.74, 6) is 0. The summed E-state index contributed by atoms with van der Waals surface area (Å²) in [6.45, 7) is 3.24. The van der Waals surface area contributed by atoms with Gasteiger partial charge in [-0.05, 0) is 19.8 Å². The number of unbranched alkanes of at least 4 members (excludes halogenated alkanes) is 4. The standard InChI is InChI=1S/C11H20F2O3S/c1-4-5-6-7-8-9-10(2)11(12,13)16-17(3,14)15/h9H,4-8H2,1-3H3/b10-9+. The smallest absolute Gasteiger partial charge is 0.200 e. The lowest BCUT2D eigenvalue weighted by Gasteiger charge is -2.15. The first-order chi connectivity index (χ1) is 7.69. The van der Waals surface area contributed by atoms with Gasteiger partial charge in [-0.3, -0.25) is 0 Å². The van der Waals surface area contributed by atoms with Crippen LogP contribution >= 0.6 is 0 Å². The first-order valence-corrected chi connectivity index (χ1v) is 7.46.